The second-order valence-electron chi connectivity index (χ2n) is 6.39. The lowest BCUT2D eigenvalue weighted by atomic mass is 9.87. The monoisotopic (exact) mass is 342 g/mol. The van der Waals surface area contributed by atoms with E-state index in [-0.39, 0.29) is 11.4 Å². The molecule has 22 heavy (non-hydrogen) atoms. The van der Waals surface area contributed by atoms with Gasteiger partial charge in [0.2, 0.25) is 15.9 Å². The van der Waals surface area contributed by atoms with Crippen LogP contribution in [0.2, 0.25) is 0 Å². The summed E-state index contributed by atoms with van der Waals surface area (Å²) in [6.45, 7) is 1.87. The van der Waals surface area contributed by atoms with E-state index in [4.69, 9.17) is 0 Å². The number of hydrogen-bond acceptors (Lipinski definition) is 4. The standard InChI is InChI=1S/C15H22N2O3S2/c1-22(19,20)17-8-3-6-15(17)5-2-7-16(12-15)14(18)10-13-4-9-21-11-13/h4,9,11H,2-3,5-8,10,12H2,1H3/t15-/m1/s1. The lowest BCUT2D eigenvalue weighted by Crippen LogP contribution is -2.58. The Labute approximate surface area is 136 Å². The van der Waals surface area contributed by atoms with Gasteiger partial charge in [0.05, 0.1) is 18.2 Å². The summed E-state index contributed by atoms with van der Waals surface area (Å²) < 4.78 is 25.8. The second kappa shape index (κ2) is 5.94. The third-order valence-corrected chi connectivity index (χ3v) is 6.88. The Balaban J connectivity index is 1.75. The van der Waals surface area contributed by atoms with Gasteiger partial charge in [-0.3, -0.25) is 4.79 Å². The van der Waals surface area contributed by atoms with E-state index in [9.17, 15) is 13.2 Å². The van der Waals surface area contributed by atoms with Crippen LogP contribution in [0, 0.1) is 0 Å². The van der Waals surface area contributed by atoms with E-state index in [2.05, 4.69) is 0 Å². The Kier molecular flexibility index (Phi) is 4.31. The smallest absolute Gasteiger partial charge is 0.227 e. The van der Waals surface area contributed by atoms with Crippen LogP contribution in [-0.2, 0) is 21.2 Å². The minimum atomic E-state index is -3.21. The summed E-state index contributed by atoms with van der Waals surface area (Å²) in [6, 6.07) is 1.97. The van der Waals surface area contributed by atoms with Gasteiger partial charge in [0.15, 0.2) is 0 Å². The van der Waals surface area contributed by atoms with Gasteiger partial charge in [0.25, 0.3) is 0 Å². The van der Waals surface area contributed by atoms with Crippen molar-refractivity contribution in [3.8, 4) is 0 Å². The molecular formula is C15H22N2O3S2. The number of carbonyl (C=O) groups excluding carboxylic acids is 1. The Bertz CT molecular complexity index is 642. The molecule has 0 radical (unpaired) electrons. The first-order valence-electron chi connectivity index (χ1n) is 7.67. The Morgan fingerprint density at radius 1 is 1.32 bits per heavy atom. The summed E-state index contributed by atoms with van der Waals surface area (Å²) in [6.07, 6.45) is 5.19. The van der Waals surface area contributed by atoms with Crippen LogP contribution in [-0.4, -0.2) is 55.0 Å². The van der Waals surface area contributed by atoms with Crippen LogP contribution >= 0.6 is 11.3 Å². The highest BCUT2D eigenvalue weighted by atomic mass is 32.2. The highest BCUT2D eigenvalue weighted by Gasteiger charge is 2.48. The number of amides is 1. The molecule has 2 saturated heterocycles. The number of likely N-dealkylation sites (tertiary alicyclic amines) is 1. The Morgan fingerprint density at radius 2 is 2.05 bits per heavy atom. The number of nitrogens with zero attached hydrogens (tertiary/aromatic N) is 2. The summed E-state index contributed by atoms with van der Waals surface area (Å²) in [5, 5.41) is 3.97. The van der Waals surface area contributed by atoms with Crippen LogP contribution in [0.3, 0.4) is 0 Å². The van der Waals surface area contributed by atoms with E-state index in [0.717, 1.165) is 37.8 Å². The molecule has 2 aliphatic heterocycles. The molecule has 0 saturated carbocycles. The molecule has 2 aliphatic rings. The van der Waals surface area contributed by atoms with E-state index in [1.165, 1.54) is 6.26 Å². The van der Waals surface area contributed by atoms with E-state index >= 15 is 0 Å². The number of carbonyl (C=O) groups is 1. The van der Waals surface area contributed by atoms with Crippen LogP contribution in [0.4, 0.5) is 0 Å². The molecule has 1 aromatic rings. The van der Waals surface area contributed by atoms with Gasteiger partial charge in [-0.15, -0.1) is 0 Å². The summed E-state index contributed by atoms with van der Waals surface area (Å²) in [5.74, 6) is 0.109. The van der Waals surface area contributed by atoms with Gasteiger partial charge >= 0.3 is 0 Å². The molecule has 0 N–H and O–H groups in total. The lowest BCUT2D eigenvalue weighted by Gasteiger charge is -2.44. The number of rotatable bonds is 3. The molecule has 2 fully saturated rings. The van der Waals surface area contributed by atoms with Crippen LogP contribution < -0.4 is 0 Å². The van der Waals surface area contributed by atoms with Gasteiger partial charge in [0, 0.05) is 19.6 Å². The molecule has 0 unspecified atom stereocenters. The molecule has 0 aliphatic carbocycles. The first-order chi connectivity index (χ1) is 10.4. The molecule has 1 atom stereocenters. The zero-order valence-corrected chi connectivity index (χ0v) is 14.5. The number of sulfonamides is 1. The number of piperidine rings is 1. The minimum absolute atomic E-state index is 0.109. The molecule has 1 aromatic heterocycles. The fourth-order valence-corrected chi connectivity index (χ4v) is 5.92. The Morgan fingerprint density at radius 3 is 2.68 bits per heavy atom. The van der Waals surface area contributed by atoms with Crippen LogP contribution in [0.25, 0.3) is 0 Å². The van der Waals surface area contributed by atoms with Crippen LogP contribution in [0.5, 0.6) is 0 Å². The van der Waals surface area contributed by atoms with E-state index < -0.39 is 10.0 Å². The van der Waals surface area contributed by atoms with Gasteiger partial charge in [-0.1, -0.05) is 0 Å². The van der Waals surface area contributed by atoms with Gasteiger partial charge in [-0.2, -0.15) is 15.6 Å². The minimum Gasteiger partial charge on any atom is -0.341 e. The lowest BCUT2D eigenvalue weighted by molar-refractivity contribution is -0.133. The Hall–Kier alpha value is -0.920. The molecule has 1 spiro atoms. The first kappa shape index (κ1) is 16.0. The quantitative estimate of drug-likeness (QED) is 0.840. The fraction of sp³-hybridized carbons (Fsp3) is 0.667. The van der Waals surface area contributed by atoms with Crippen molar-refractivity contribution in [3.63, 3.8) is 0 Å². The first-order valence-corrected chi connectivity index (χ1v) is 10.5. The fourth-order valence-electron chi connectivity index (χ4n) is 3.84. The maximum Gasteiger partial charge on any atom is 0.227 e. The maximum absolute atomic E-state index is 12.5. The third kappa shape index (κ3) is 3.07. The number of thiophene rings is 1. The van der Waals surface area contributed by atoms with Crippen LogP contribution in [0.1, 0.15) is 31.2 Å². The van der Waals surface area contributed by atoms with Crippen molar-refractivity contribution in [1.82, 2.24) is 9.21 Å². The predicted molar refractivity (Wildman–Crippen MR) is 87.4 cm³/mol. The van der Waals surface area contributed by atoms with Gasteiger partial charge in [-0.25, -0.2) is 8.42 Å². The topological polar surface area (TPSA) is 57.7 Å². The molecule has 1 amide bonds. The molecule has 5 nitrogen and oxygen atoms in total. The van der Waals surface area contributed by atoms with Crippen molar-refractivity contribution in [1.29, 1.82) is 0 Å². The average Bonchev–Trinajstić information content (AvgIpc) is 3.08. The predicted octanol–water partition coefficient (Wildman–Crippen LogP) is 1.71. The van der Waals surface area contributed by atoms with Crippen molar-refractivity contribution < 1.29 is 13.2 Å². The normalized spacial score (nSPS) is 26.7. The van der Waals surface area contributed by atoms with Gasteiger partial charge in [0.1, 0.15) is 0 Å². The highest BCUT2D eigenvalue weighted by Crippen LogP contribution is 2.38. The van der Waals surface area contributed by atoms with E-state index in [0.29, 0.717) is 19.5 Å². The van der Waals surface area contributed by atoms with Crippen molar-refractivity contribution in [2.75, 3.05) is 25.9 Å². The molecule has 0 bridgehead atoms. The summed E-state index contributed by atoms with van der Waals surface area (Å²) >= 11 is 1.59. The van der Waals surface area contributed by atoms with Crippen LogP contribution in [0.15, 0.2) is 16.8 Å². The van der Waals surface area contributed by atoms with Gasteiger partial charge in [-0.05, 0) is 48.1 Å². The average molecular weight is 342 g/mol. The van der Waals surface area contributed by atoms with Crippen molar-refractivity contribution in [2.24, 2.45) is 0 Å². The number of hydrogen-bond donors (Lipinski definition) is 0. The van der Waals surface area contributed by atoms with E-state index in [1.807, 2.05) is 21.7 Å². The largest absolute Gasteiger partial charge is 0.341 e. The highest BCUT2D eigenvalue weighted by molar-refractivity contribution is 7.88. The SMILES string of the molecule is CS(=O)(=O)N1CCC[C@@]12CCCN(C(=O)Cc1ccsc1)C2. The second-order valence-corrected chi connectivity index (χ2v) is 9.08. The van der Waals surface area contributed by atoms with E-state index in [1.54, 1.807) is 15.6 Å². The summed E-state index contributed by atoms with van der Waals surface area (Å²) in [7, 11) is -3.21. The zero-order valence-electron chi connectivity index (χ0n) is 12.8. The molecule has 122 valence electrons. The third-order valence-electron chi connectivity index (χ3n) is 4.78. The molecular weight excluding hydrogens is 320 g/mol. The maximum atomic E-state index is 12.5. The molecule has 3 rings (SSSR count). The molecule has 0 aromatic carbocycles. The zero-order chi connectivity index (χ0) is 15.8. The van der Waals surface area contributed by atoms with Crippen molar-refractivity contribution in [3.05, 3.63) is 22.4 Å². The summed E-state index contributed by atoms with van der Waals surface area (Å²) in [5.41, 5.74) is 0.678. The van der Waals surface area contributed by atoms with Crippen molar-refractivity contribution in [2.45, 2.75) is 37.6 Å². The summed E-state index contributed by atoms with van der Waals surface area (Å²) in [4.78, 5) is 14.4. The molecule has 7 heteroatoms. The van der Waals surface area contributed by atoms with Crippen molar-refractivity contribution >= 4 is 27.3 Å². The van der Waals surface area contributed by atoms with Gasteiger partial charge < -0.3 is 4.90 Å². The molecule has 3 heterocycles.